The van der Waals surface area contributed by atoms with E-state index >= 15 is 0 Å². The summed E-state index contributed by atoms with van der Waals surface area (Å²) in [6.07, 6.45) is -3.17. The van der Waals surface area contributed by atoms with Gasteiger partial charge in [-0.3, -0.25) is 0 Å². The normalized spacial score (nSPS) is 34.0. The number of aromatic hydroxyl groups is 2. The van der Waals surface area contributed by atoms with Crippen LogP contribution in [-0.2, 0) is 19.0 Å². The summed E-state index contributed by atoms with van der Waals surface area (Å²) in [5.74, 6) is -1.54. The van der Waals surface area contributed by atoms with E-state index in [0.717, 1.165) is 18.9 Å². The molecule has 1 aromatic rings. The molecule has 0 spiro atoms. The second-order valence-corrected chi connectivity index (χ2v) is 7.72. The van der Waals surface area contributed by atoms with Crippen LogP contribution in [0.4, 0.5) is 0 Å². The van der Waals surface area contributed by atoms with E-state index in [2.05, 4.69) is 0 Å². The van der Waals surface area contributed by atoms with E-state index in [4.69, 9.17) is 14.2 Å². The molecular weight excluding hydrogens is 412 g/mol. The van der Waals surface area contributed by atoms with Crippen molar-refractivity contribution in [2.75, 3.05) is 6.61 Å². The molecule has 1 aliphatic heterocycles. The molecule has 1 aliphatic carbocycles. The Morgan fingerprint density at radius 1 is 1.10 bits per heavy atom. The van der Waals surface area contributed by atoms with Crippen LogP contribution in [0.3, 0.4) is 0 Å². The van der Waals surface area contributed by atoms with Crippen LogP contribution < -0.4 is 0 Å². The van der Waals surface area contributed by atoms with E-state index in [9.17, 15) is 35.4 Å². The van der Waals surface area contributed by atoms with Gasteiger partial charge in [0, 0.05) is 6.08 Å². The fourth-order valence-corrected chi connectivity index (χ4v) is 3.68. The maximum absolute atomic E-state index is 12.3. The molecule has 0 unspecified atom stereocenters. The third-order valence-electron chi connectivity index (χ3n) is 5.46. The molecule has 1 aromatic carbocycles. The zero-order chi connectivity index (χ0) is 22.5. The first-order valence-electron chi connectivity index (χ1n) is 10.2. The van der Waals surface area contributed by atoms with Crippen molar-refractivity contribution in [1.29, 1.82) is 0 Å². The molecule has 1 heterocycles. The van der Waals surface area contributed by atoms with Gasteiger partial charge in [0.1, 0.15) is 18.3 Å². The third kappa shape index (κ3) is 5.73. The smallest absolute Gasteiger partial charge is 0.331 e. The zero-order valence-electron chi connectivity index (χ0n) is 16.8. The quantitative estimate of drug-likeness (QED) is 0.198. The van der Waals surface area contributed by atoms with Gasteiger partial charge in [-0.05, 0) is 36.6 Å². The van der Waals surface area contributed by atoms with Crippen LogP contribution in [-0.4, -0.2) is 86.1 Å². The maximum atomic E-state index is 12.3. The summed E-state index contributed by atoms with van der Waals surface area (Å²) in [5.41, 5.74) is 0.409. The number of carbonyl (C=O) groups excluding carboxylic acids is 1. The lowest BCUT2D eigenvalue weighted by Crippen LogP contribution is -2.61. The van der Waals surface area contributed by atoms with E-state index in [-0.39, 0.29) is 11.5 Å². The van der Waals surface area contributed by atoms with E-state index in [0.29, 0.717) is 18.4 Å². The summed E-state index contributed by atoms with van der Waals surface area (Å²) in [7, 11) is 0. The van der Waals surface area contributed by atoms with Crippen molar-refractivity contribution in [1.82, 2.24) is 0 Å². The summed E-state index contributed by atoms with van der Waals surface area (Å²) >= 11 is 0. The molecule has 6 N–H and O–H groups in total. The number of phenols is 2. The molecule has 0 amide bonds. The molecule has 2 aliphatic rings. The molecule has 0 radical (unpaired) electrons. The lowest BCUT2D eigenvalue weighted by atomic mass is 9.94. The molecule has 1 saturated carbocycles. The Labute approximate surface area is 178 Å². The van der Waals surface area contributed by atoms with Gasteiger partial charge in [-0.2, -0.15) is 0 Å². The van der Waals surface area contributed by atoms with E-state index in [1.54, 1.807) is 0 Å². The number of carbonyl (C=O) groups is 1. The number of aliphatic hydroxyl groups excluding tert-OH is 4. The average Bonchev–Trinajstić information content (AvgIpc) is 2.75. The number of benzene rings is 1. The number of rotatable bonds is 6. The predicted octanol–water partition coefficient (Wildman–Crippen LogP) is -0.218. The topological polar surface area (TPSA) is 166 Å². The molecule has 0 bridgehead atoms. The summed E-state index contributed by atoms with van der Waals surface area (Å²) in [4.78, 5) is 12.3. The predicted molar refractivity (Wildman–Crippen MR) is 106 cm³/mol. The van der Waals surface area contributed by atoms with E-state index in [1.807, 2.05) is 0 Å². The van der Waals surface area contributed by atoms with Gasteiger partial charge in [-0.1, -0.05) is 18.9 Å². The Hall–Kier alpha value is -2.21. The summed E-state index contributed by atoms with van der Waals surface area (Å²) in [6, 6.07) is 3.96. The van der Waals surface area contributed by atoms with Crippen LogP contribution in [0.15, 0.2) is 24.3 Å². The van der Waals surface area contributed by atoms with Crippen LogP contribution in [0.5, 0.6) is 11.5 Å². The standard InChI is InChI=1S/C21H28O10/c22-10-16-18(27)19(28)20(21(30-16)29-15-4-2-1-3-13(15)24)31-17(26)8-6-11-5-7-12(23)14(25)9-11/h5-9,13,15-16,18-25,27-28H,1-4,10H2/t13-,15+,16+,18+,19-,20+,21+/m0/s1. The minimum atomic E-state index is -1.59. The minimum Gasteiger partial charge on any atom is -0.504 e. The zero-order valence-corrected chi connectivity index (χ0v) is 16.8. The Morgan fingerprint density at radius 2 is 1.84 bits per heavy atom. The Morgan fingerprint density at radius 3 is 2.52 bits per heavy atom. The van der Waals surface area contributed by atoms with E-state index in [1.165, 1.54) is 24.3 Å². The van der Waals surface area contributed by atoms with Gasteiger partial charge >= 0.3 is 5.97 Å². The van der Waals surface area contributed by atoms with Crippen molar-refractivity contribution in [3.8, 4) is 11.5 Å². The Kier molecular flexibility index (Phi) is 7.87. The largest absolute Gasteiger partial charge is 0.504 e. The number of phenolic OH excluding ortho intramolecular Hbond substituents is 2. The molecule has 3 rings (SSSR count). The Balaban J connectivity index is 1.71. The van der Waals surface area contributed by atoms with E-state index < -0.39 is 55.5 Å². The lowest BCUT2D eigenvalue weighted by Gasteiger charge is -2.43. The van der Waals surface area contributed by atoms with Gasteiger partial charge < -0.3 is 44.8 Å². The highest BCUT2D eigenvalue weighted by atomic mass is 16.7. The molecule has 7 atom stereocenters. The highest BCUT2D eigenvalue weighted by molar-refractivity contribution is 5.87. The highest BCUT2D eigenvalue weighted by Crippen LogP contribution is 2.30. The van der Waals surface area contributed by atoms with Crippen molar-refractivity contribution < 1.29 is 49.6 Å². The second kappa shape index (κ2) is 10.4. The van der Waals surface area contributed by atoms with Crippen molar-refractivity contribution in [3.63, 3.8) is 0 Å². The van der Waals surface area contributed by atoms with Gasteiger partial charge in [-0.15, -0.1) is 0 Å². The molecule has 172 valence electrons. The summed E-state index contributed by atoms with van der Waals surface area (Å²) in [6.45, 7) is -0.587. The number of hydrogen-bond donors (Lipinski definition) is 6. The number of aliphatic hydroxyl groups is 4. The number of ether oxygens (including phenoxy) is 3. The van der Waals surface area contributed by atoms with Crippen molar-refractivity contribution in [2.24, 2.45) is 0 Å². The Bertz CT molecular complexity index is 781. The number of hydrogen-bond acceptors (Lipinski definition) is 10. The van der Waals surface area contributed by atoms with Gasteiger partial charge in [-0.25, -0.2) is 4.79 Å². The number of esters is 1. The fraction of sp³-hybridized carbons (Fsp3) is 0.571. The summed E-state index contributed by atoms with van der Waals surface area (Å²) < 4.78 is 16.6. The van der Waals surface area contributed by atoms with Crippen molar-refractivity contribution >= 4 is 12.0 Å². The fourth-order valence-electron chi connectivity index (χ4n) is 3.68. The van der Waals surface area contributed by atoms with Crippen molar-refractivity contribution in [3.05, 3.63) is 29.8 Å². The second-order valence-electron chi connectivity index (χ2n) is 7.72. The van der Waals surface area contributed by atoms with Gasteiger partial charge in [0.25, 0.3) is 0 Å². The van der Waals surface area contributed by atoms with Gasteiger partial charge in [0.2, 0.25) is 0 Å². The highest BCUT2D eigenvalue weighted by Gasteiger charge is 2.48. The first-order valence-corrected chi connectivity index (χ1v) is 10.2. The molecule has 1 saturated heterocycles. The van der Waals surface area contributed by atoms with Gasteiger partial charge in [0.05, 0.1) is 18.8 Å². The van der Waals surface area contributed by atoms with Crippen LogP contribution in [0.2, 0.25) is 0 Å². The first kappa shape index (κ1) is 23.5. The average molecular weight is 440 g/mol. The van der Waals surface area contributed by atoms with Crippen molar-refractivity contribution in [2.45, 2.75) is 68.6 Å². The maximum Gasteiger partial charge on any atom is 0.331 e. The monoisotopic (exact) mass is 440 g/mol. The van der Waals surface area contributed by atoms with Crippen LogP contribution in [0.1, 0.15) is 31.2 Å². The SMILES string of the molecule is O=C(C=Cc1ccc(O)c(O)c1)O[C@H]1[C@H](O[C@@H]2CCCC[C@@H]2O)O[C@H](CO)[C@@H](O)[C@@H]1O. The summed E-state index contributed by atoms with van der Waals surface area (Å²) in [5, 5.41) is 59.0. The molecule has 10 heteroatoms. The molecule has 0 aromatic heterocycles. The van der Waals surface area contributed by atoms with Crippen LogP contribution in [0, 0.1) is 0 Å². The molecule has 31 heavy (non-hydrogen) atoms. The lowest BCUT2D eigenvalue weighted by molar-refractivity contribution is -0.320. The third-order valence-corrected chi connectivity index (χ3v) is 5.46. The van der Waals surface area contributed by atoms with Crippen LogP contribution in [0.25, 0.3) is 6.08 Å². The first-order chi connectivity index (χ1) is 14.8. The molecule has 10 nitrogen and oxygen atoms in total. The molecular formula is C21H28O10. The minimum absolute atomic E-state index is 0.306. The van der Waals surface area contributed by atoms with Gasteiger partial charge in [0.15, 0.2) is 23.9 Å². The van der Waals surface area contributed by atoms with Crippen LogP contribution >= 0.6 is 0 Å². The molecule has 2 fully saturated rings.